The number of aromatic nitrogens is 3. The first-order valence-corrected chi connectivity index (χ1v) is 7.65. The van der Waals surface area contributed by atoms with Crippen molar-refractivity contribution in [2.24, 2.45) is 5.73 Å². The summed E-state index contributed by atoms with van der Waals surface area (Å²) in [5, 5.41) is 8.35. The van der Waals surface area contributed by atoms with Crippen molar-refractivity contribution in [1.82, 2.24) is 19.9 Å². The van der Waals surface area contributed by atoms with Gasteiger partial charge in [0.05, 0.1) is 23.5 Å². The van der Waals surface area contributed by atoms with Crippen molar-refractivity contribution in [3.63, 3.8) is 0 Å². The molecule has 116 valence electrons. The molecule has 1 fully saturated rings. The van der Waals surface area contributed by atoms with Gasteiger partial charge in [-0.25, -0.2) is 4.68 Å². The third-order valence-electron chi connectivity index (χ3n) is 4.12. The SMILES string of the molecule is Cc1c(CC(=O)N2CCCC(N)C2)nnn1-c1ccccc1. The molecule has 0 bridgehead atoms. The zero-order valence-electron chi connectivity index (χ0n) is 12.8. The minimum Gasteiger partial charge on any atom is -0.341 e. The van der Waals surface area contributed by atoms with E-state index >= 15 is 0 Å². The Labute approximate surface area is 129 Å². The lowest BCUT2D eigenvalue weighted by Gasteiger charge is -2.30. The van der Waals surface area contributed by atoms with Crippen molar-refractivity contribution < 1.29 is 4.79 Å². The van der Waals surface area contributed by atoms with Crippen LogP contribution in [0.4, 0.5) is 0 Å². The molecule has 1 aromatic heterocycles. The summed E-state index contributed by atoms with van der Waals surface area (Å²) in [6.45, 7) is 3.38. The second kappa shape index (κ2) is 6.27. The Morgan fingerprint density at radius 3 is 2.86 bits per heavy atom. The summed E-state index contributed by atoms with van der Waals surface area (Å²) in [6.07, 6.45) is 2.25. The van der Waals surface area contributed by atoms with Crippen LogP contribution in [0.3, 0.4) is 0 Å². The molecule has 0 spiro atoms. The summed E-state index contributed by atoms with van der Waals surface area (Å²) in [5.74, 6) is 0.0818. The van der Waals surface area contributed by atoms with E-state index in [4.69, 9.17) is 5.73 Å². The predicted molar refractivity (Wildman–Crippen MR) is 83.6 cm³/mol. The van der Waals surface area contributed by atoms with E-state index in [0.717, 1.165) is 36.5 Å². The second-order valence-electron chi connectivity index (χ2n) is 5.79. The molecule has 1 amide bonds. The lowest BCUT2D eigenvalue weighted by Crippen LogP contribution is -2.46. The van der Waals surface area contributed by atoms with Gasteiger partial charge in [0.2, 0.25) is 5.91 Å². The van der Waals surface area contributed by atoms with Crippen LogP contribution in [-0.4, -0.2) is 44.9 Å². The van der Waals surface area contributed by atoms with Gasteiger partial charge in [-0.05, 0) is 31.9 Å². The maximum absolute atomic E-state index is 12.4. The molecular formula is C16H21N5O. The summed E-state index contributed by atoms with van der Waals surface area (Å²) in [7, 11) is 0. The van der Waals surface area contributed by atoms with Gasteiger partial charge in [-0.1, -0.05) is 23.4 Å². The average Bonchev–Trinajstić information content (AvgIpc) is 2.89. The van der Waals surface area contributed by atoms with E-state index in [1.165, 1.54) is 0 Å². The first-order chi connectivity index (χ1) is 10.6. The maximum atomic E-state index is 12.4. The van der Waals surface area contributed by atoms with Gasteiger partial charge >= 0.3 is 0 Å². The van der Waals surface area contributed by atoms with Gasteiger partial charge in [0.1, 0.15) is 0 Å². The van der Waals surface area contributed by atoms with Gasteiger partial charge in [0.25, 0.3) is 0 Å². The highest BCUT2D eigenvalue weighted by molar-refractivity contribution is 5.78. The Hall–Kier alpha value is -2.21. The molecule has 3 rings (SSSR count). The minimum absolute atomic E-state index is 0.0818. The molecule has 6 heteroatoms. The van der Waals surface area contributed by atoms with Gasteiger partial charge in [-0.15, -0.1) is 5.10 Å². The molecule has 0 saturated carbocycles. The van der Waals surface area contributed by atoms with E-state index in [-0.39, 0.29) is 18.4 Å². The van der Waals surface area contributed by atoms with Crippen LogP contribution in [0.2, 0.25) is 0 Å². The molecule has 22 heavy (non-hydrogen) atoms. The zero-order valence-corrected chi connectivity index (χ0v) is 12.8. The first kappa shape index (κ1) is 14.7. The summed E-state index contributed by atoms with van der Waals surface area (Å²) in [5.41, 5.74) is 8.52. The van der Waals surface area contributed by atoms with Crippen molar-refractivity contribution >= 4 is 5.91 Å². The van der Waals surface area contributed by atoms with Gasteiger partial charge in [0, 0.05) is 19.1 Å². The maximum Gasteiger partial charge on any atom is 0.228 e. The molecular weight excluding hydrogens is 278 g/mol. The van der Waals surface area contributed by atoms with Crippen LogP contribution in [0.5, 0.6) is 0 Å². The van der Waals surface area contributed by atoms with Crippen molar-refractivity contribution in [2.45, 2.75) is 32.2 Å². The Morgan fingerprint density at radius 2 is 2.14 bits per heavy atom. The number of carbonyl (C=O) groups excluding carboxylic acids is 1. The van der Waals surface area contributed by atoms with Crippen LogP contribution in [0.25, 0.3) is 5.69 Å². The van der Waals surface area contributed by atoms with E-state index in [1.54, 1.807) is 4.68 Å². The number of amides is 1. The van der Waals surface area contributed by atoms with Gasteiger partial charge in [0.15, 0.2) is 0 Å². The number of para-hydroxylation sites is 1. The molecule has 1 unspecified atom stereocenters. The third-order valence-corrected chi connectivity index (χ3v) is 4.12. The molecule has 2 heterocycles. The standard InChI is InChI=1S/C16H21N5O/c1-12-15(10-16(22)20-9-5-6-13(17)11-20)18-19-21(12)14-7-3-2-4-8-14/h2-4,7-8,13H,5-6,9-11,17H2,1H3. The van der Waals surface area contributed by atoms with E-state index in [1.807, 2.05) is 42.2 Å². The number of nitrogens with zero attached hydrogens (tertiary/aromatic N) is 4. The molecule has 1 aliphatic heterocycles. The van der Waals surface area contributed by atoms with Gasteiger partial charge in [-0.3, -0.25) is 4.79 Å². The quantitative estimate of drug-likeness (QED) is 0.919. The Kier molecular flexibility index (Phi) is 4.20. The molecule has 6 nitrogen and oxygen atoms in total. The fourth-order valence-corrected chi connectivity index (χ4v) is 2.83. The van der Waals surface area contributed by atoms with E-state index < -0.39 is 0 Å². The van der Waals surface area contributed by atoms with Crippen LogP contribution < -0.4 is 5.73 Å². The van der Waals surface area contributed by atoms with E-state index in [0.29, 0.717) is 6.54 Å². The Bertz CT molecular complexity index is 652. The molecule has 0 radical (unpaired) electrons. The average molecular weight is 299 g/mol. The van der Waals surface area contributed by atoms with Crippen molar-refractivity contribution in [3.05, 3.63) is 41.7 Å². The van der Waals surface area contributed by atoms with Crippen LogP contribution in [0.1, 0.15) is 24.2 Å². The number of rotatable bonds is 3. The van der Waals surface area contributed by atoms with Crippen molar-refractivity contribution in [2.75, 3.05) is 13.1 Å². The Morgan fingerprint density at radius 1 is 1.36 bits per heavy atom. The lowest BCUT2D eigenvalue weighted by atomic mass is 10.1. The lowest BCUT2D eigenvalue weighted by molar-refractivity contribution is -0.131. The molecule has 1 aliphatic rings. The van der Waals surface area contributed by atoms with Crippen LogP contribution >= 0.6 is 0 Å². The van der Waals surface area contributed by atoms with Crippen molar-refractivity contribution in [1.29, 1.82) is 0 Å². The van der Waals surface area contributed by atoms with Gasteiger partial charge in [-0.2, -0.15) is 0 Å². The highest BCUT2D eigenvalue weighted by Gasteiger charge is 2.23. The number of carbonyl (C=O) groups is 1. The second-order valence-corrected chi connectivity index (χ2v) is 5.79. The number of hydrogen-bond donors (Lipinski definition) is 1. The summed E-state index contributed by atoms with van der Waals surface area (Å²) in [6, 6.07) is 9.90. The number of piperidine rings is 1. The topological polar surface area (TPSA) is 77.0 Å². The molecule has 2 N–H and O–H groups in total. The summed E-state index contributed by atoms with van der Waals surface area (Å²) < 4.78 is 1.77. The van der Waals surface area contributed by atoms with Crippen LogP contribution in [0.15, 0.2) is 30.3 Å². The number of likely N-dealkylation sites (tertiary alicyclic amines) is 1. The normalized spacial score (nSPS) is 18.5. The number of hydrogen-bond acceptors (Lipinski definition) is 4. The Balaban J connectivity index is 1.73. The van der Waals surface area contributed by atoms with Gasteiger partial charge < -0.3 is 10.6 Å². The fraction of sp³-hybridized carbons (Fsp3) is 0.438. The molecule has 1 saturated heterocycles. The minimum atomic E-state index is 0.0818. The highest BCUT2D eigenvalue weighted by Crippen LogP contribution is 2.14. The molecule has 1 atom stereocenters. The predicted octanol–water partition coefficient (Wildman–Crippen LogP) is 1.07. The number of nitrogens with two attached hydrogens (primary N) is 1. The zero-order chi connectivity index (χ0) is 15.5. The molecule has 1 aromatic carbocycles. The molecule has 0 aliphatic carbocycles. The fourth-order valence-electron chi connectivity index (χ4n) is 2.83. The highest BCUT2D eigenvalue weighted by atomic mass is 16.2. The van der Waals surface area contributed by atoms with Crippen molar-refractivity contribution in [3.8, 4) is 5.69 Å². The monoisotopic (exact) mass is 299 g/mol. The summed E-state index contributed by atoms with van der Waals surface area (Å²) in [4.78, 5) is 14.2. The smallest absolute Gasteiger partial charge is 0.228 e. The van der Waals surface area contributed by atoms with Crippen LogP contribution in [0, 0.1) is 6.92 Å². The van der Waals surface area contributed by atoms with Crippen LogP contribution in [-0.2, 0) is 11.2 Å². The molecule has 2 aromatic rings. The third kappa shape index (κ3) is 3.01. The van der Waals surface area contributed by atoms with E-state index in [9.17, 15) is 4.79 Å². The first-order valence-electron chi connectivity index (χ1n) is 7.65. The number of benzene rings is 1. The van der Waals surface area contributed by atoms with E-state index in [2.05, 4.69) is 10.3 Å². The largest absolute Gasteiger partial charge is 0.341 e. The summed E-state index contributed by atoms with van der Waals surface area (Å²) >= 11 is 0.